The van der Waals surface area contributed by atoms with Crippen molar-refractivity contribution in [2.24, 2.45) is 0 Å². The summed E-state index contributed by atoms with van der Waals surface area (Å²) in [6.45, 7) is 3.01. The van der Waals surface area contributed by atoms with Crippen molar-refractivity contribution in [3.8, 4) is 10.8 Å². The van der Waals surface area contributed by atoms with Crippen LogP contribution in [-0.2, 0) is 6.54 Å². The number of nitrogens with zero attached hydrogens (tertiary/aromatic N) is 6. The first-order chi connectivity index (χ1) is 13.6. The average Bonchev–Trinajstić information content (AvgIpc) is 3.32. The molecular formula is C19H15FN6OS. The number of fused-ring (bicyclic) bond motifs is 2. The second kappa shape index (κ2) is 6.45. The van der Waals surface area contributed by atoms with Gasteiger partial charge in [-0.3, -0.25) is 9.78 Å². The zero-order valence-corrected chi connectivity index (χ0v) is 15.7. The molecule has 1 aromatic carbocycles. The zero-order chi connectivity index (χ0) is 19.3. The Hall–Kier alpha value is -3.20. The summed E-state index contributed by atoms with van der Waals surface area (Å²) in [7, 11) is 0. The van der Waals surface area contributed by atoms with Gasteiger partial charge < -0.3 is 9.47 Å². The van der Waals surface area contributed by atoms with E-state index < -0.39 is 0 Å². The van der Waals surface area contributed by atoms with E-state index in [1.165, 1.54) is 24.3 Å². The number of rotatable bonds is 2. The van der Waals surface area contributed by atoms with Gasteiger partial charge in [0.15, 0.2) is 16.7 Å². The molecule has 140 valence electrons. The molecule has 1 atom stereocenters. The number of hydrogen-bond donors (Lipinski definition) is 0. The second-order valence-electron chi connectivity index (χ2n) is 6.58. The molecule has 0 fully saturated rings. The Kier molecular flexibility index (Phi) is 3.90. The smallest absolute Gasteiger partial charge is 0.254 e. The lowest BCUT2D eigenvalue weighted by Crippen LogP contribution is -2.41. The van der Waals surface area contributed by atoms with Crippen LogP contribution in [0.1, 0.15) is 29.1 Å². The van der Waals surface area contributed by atoms with Crippen molar-refractivity contribution >= 4 is 27.5 Å². The summed E-state index contributed by atoms with van der Waals surface area (Å²) in [6, 6.07) is 7.28. The quantitative estimate of drug-likeness (QED) is 0.521. The molecular weight excluding hydrogens is 379 g/mol. The third-order valence-electron chi connectivity index (χ3n) is 4.92. The molecule has 0 N–H and O–H groups in total. The van der Waals surface area contributed by atoms with Crippen LogP contribution in [-0.4, -0.2) is 42.1 Å². The van der Waals surface area contributed by atoms with E-state index in [2.05, 4.69) is 20.2 Å². The molecule has 0 saturated carbocycles. The van der Waals surface area contributed by atoms with Gasteiger partial charge in [0.1, 0.15) is 11.3 Å². The molecule has 9 heteroatoms. The van der Waals surface area contributed by atoms with Gasteiger partial charge in [0.25, 0.3) is 5.91 Å². The number of hydrogen-bond acceptors (Lipinski definition) is 6. The molecule has 3 aromatic heterocycles. The van der Waals surface area contributed by atoms with Crippen LogP contribution in [0.15, 0.2) is 42.7 Å². The molecule has 28 heavy (non-hydrogen) atoms. The van der Waals surface area contributed by atoms with Gasteiger partial charge in [-0.05, 0) is 37.3 Å². The maximum absolute atomic E-state index is 13.2. The number of amides is 1. The maximum Gasteiger partial charge on any atom is 0.254 e. The van der Waals surface area contributed by atoms with Crippen molar-refractivity contribution in [3.05, 3.63) is 59.9 Å². The molecule has 1 aliphatic rings. The first kappa shape index (κ1) is 16.9. The molecule has 0 bridgehead atoms. The fraction of sp³-hybridized carbons (Fsp3) is 0.211. The summed E-state index contributed by atoms with van der Waals surface area (Å²) in [4.78, 5) is 23.3. The van der Waals surface area contributed by atoms with E-state index in [1.807, 2.05) is 17.6 Å². The zero-order valence-electron chi connectivity index (χ0n) is 14.9. The molecule has 0 radical (unpaired) electrons. The Labute approximate surface area is 163 Å². The fourth-order valence-corrected chi connectivity index (χ4v) is 4.38. The minimum absolute atomic E-state index is 0.144. The highest BCUT2D eigenvalue weighted by atomic mass is 32.1. The van der Waals surface area contributed by atoms with Gasteiger partial charge >= 0.3 is 0 Å². The molecule has 0 aliphatic carbocycles. The summed E-state index contributed by atoms with van der Waals surface area (Å²) >= 11 is 1.54. The molecule has 0 saturated heterocycles. The van der Waals surface area contributed by atoms with Gasteiger partial charge in [-0.1, -0.05) is 0 Å². The largest absolute Gasteiger partial charge is 0.327 e. The Bertz CT molecular complexity index is 1150. The molecule has 4 heterocycles. The van der Waals surface area contributed by atoms with Crippen molar-refractivity contribution in [3.63, 3.8) is 0 Å². The van der Waals surface area contributed by atoms with E-state index in [0.717, 1.165) is 15.2 Å². The van der Waals surface area contributed by atoms with Gasteiger partial charge in [0.05, 0.1) is 16.9 Å². The minimum Gasteiger partial charge on any atom is -0.327 e. The number of pyridine rings is 1. The van der Waals surface area contributed by atoms with Crippen LogP contribution in [0, 0.1) is 5.82 Å². The number of halogens is 1. The Balaban J connectivity index is 1.47. The predicted octanol–water partition coefficient (Wildman–Crippen LogP) is 3.31. The lowest BCUT2D eigenvalue weighted by molar-refractivity contribution is 0.0638. The Morgan fingerprint density at radius 1 is 1.18 bits per heavy atom. The summed E-state index contributed by atoms with van der Waals surface area (Å²) < 4.78 is 16.2. The normalized spacial score (nSPS) is 16.4. The molecule has 5 rings (SSSR count). The fourth-order valence-electron chi connectivity index (χ4n) is 3.45. The minimum atomic E-state index is -0.362. The predicted molar refractivity (Wildman–Crippen MR) is 102 cm³/mol. The van der Waals surface area contributed by atoms with Crippen LogP contribution in [0.5, 0.6) is 0 Å². The topological polar surface area (TPSA) is 76.8 Å². The van der Waals surface area contributed by atoms with Crippen LogP contribution < -0.4 is 0 Å². The number of aromatic nitrogens is 5. The van der Waals surface area contributed by atoms with E-state index in [1.54, 1.807) is 28.6 Å². The summed E-state index contributed by atoms with van der Waals surface area (Å²) in [5.41, 5.74) is 1.29. The van der Waals surface area contributed by atoms with Gasteiger partial charge in [-0.25, -0.2) is 9.37 Å². The highest BCUT2D eigenvalue weighted by Crippen LogP contribution is 2.33. The molecule has 1 unspecified atom stereocenters. The molecule has 7 nitrogen and oxygen atoms in total. The summed E-state index contributed by atoms with van der Waals surface area (Å²) in [5, 5.41) is 9.46. The standard InChI is InChI=1S/C19H15FN6OS/c1-11-16-23-24-17(18-22-14-10-21-7-6-15(14)28-18)26(16)9-8-25(11)19(27)12-2-4-13(20)5-3-12/h2-7,10-11H,8-9H2,1H3. The molecule has 0 spiro atoms. The highest BCUT2D eigenvalue weighted by Gasteiger charge is 2.32. The Morgan fingerprint density at radius 2 is 2.00 bits per heavy atom. The lowest BCUT2D eigenvalue weighted by atomic mass is 10.1. The monoisotopic (exact) mass is 394 g/mol. The van der Waals surface area contributed by atoms with Gasteiger partial charge in [0.2, 0.25) is 0 Å². The lowest BCUT2D eigenvalue weighted by Gasteiger charge is -2.33. The average molecular weight is 394 g/mol. The van der Waals surface area contributed by atoms with E-state index in [-0.39, 0.29) is 17.8 Å². The van der Waals surface area contributed by atoms with Gasteiger partial charge in [-0.2, -0.15) is 0 Å². The maximum atomic E-state index is 13.2. The van der Waals surface area contributed by atoms with Gasteiger partial charge in [-0.15, -0.1) is 21.5 Å². The molecule has 1 aliphatic heterocycles. The van der Waals surface area contributed by atoms with E-state index >= 15 is 0 Å². The van der Waals surface area contributed by atoms with E-state index in [9.17, 15) is 9.18 Å². The van der Waals surface area contributed by atoms with Crippen molar-refractivity contribution in [2.75, 3.05) is 6.54 Å². The summed E-state index contributed by atoms with van der Waals surface area (Å²) in [6.07, 6.45) is 3.47. The SMILES string of the molecule is CC1c2nnc(-c3nc4cnccc4s3)n2CCN1C(=O)c1ccc(F)cc1. The van der Waals surface area contributed by atoms with Crippen molar-refractivity contribution in [1.29, 1.82) is 0 Å². The van der Waals surface area contributed by atoms with E-state index in [4.69, 9.17) is 0 Å². The number of carbonyl (C=O) groups is 1. The van der Waals surface area contributed by atoms with E-state index in [0.29, 0.717) is 30.3 Å². The van der Waals surface area contributed by atoms with Gasteiger partial charge in [0, 0.05) is 24.8 Å². The van der Waals surface area contributed by atoms with Crippen molar-refractivity contribution < 1.29 is 9.18 Å². The van der Waals surface area contributed by atoms with Crippen LogP contribution in [0.4, 0.5) is 4.39 Å². The number of carbonyl (C=O) groups excluding carboxylic acids is 1. The first-order valence-electron chi connectivity index (χ1n) is 8.82. The van der Waals surface area contributed by atoms with Crippen molar-refractivity contribution in [2.45, 2.75) is 19.5 Å². The van der Waals surface area contributed by atoms with Crippen LogP contribution in [0.25, 0.3) is 21.0 Å². The van der Waals surface area contributed by atoms with Crippen LogP contribution in [0.2, 0.25) is 0 Å². The van der Waals surface area contributed by atoms with Crippen LogP contribution >= 0.6 is 11.3 Å². The highest BCUT2D eigenvalue weighted by molar-refractivity contribution is 7.21. The number of benzene rings is 1. The third kappa shape index (κ3) is 2.66. The Morgan fingerprint density at radius 3 is 2.79 bits per heavy atom. The molecule has 4 aromatic rings. The number of thiazole rings is 1. The molecule has 1 amide bonds. The second-order valence-corrected chi connectivity index (χ2v) is 7.61. The summed E-state index contributed by atoms with van der Waals surface area (Å²) in [5.74, 6) is 0.916. The third-order valence-corrected chi connectivity index (χ3v) is 5.95. The first-order valence-corrected chi connectivity index (χ1v) is 9.64. The van der Waals surface area contributed by atoms with Crippen LogP contribution in [0.3, 0.4) is 0 Å². The van der Waals surface area contributed by atoms with Crippen molar-refractivity contribution in [1.82, 2.24) is 29.6 Å².